The van der Waals surface area contributed by atoms with Crippen LogP contribution < -0.4 is 0 Å². The van der Waals surface area contributed by atoms with Crippen molar-refractivity contribution in [1.82, 2.24) is 4.98 Å². The predicted octanol–water partition coefficient (Wildman–Crippen LogP) is 2.34. The van der Waals surface area contributed by atoms with Gasteiger partial charge in [0.2, 0.25) is 0 Å². The fraction of sp³-hybridized carbons (Fsp3) is 0.222. The molecule has 0 radical (unpaired) electrons. The van der Waals surface area contributed by atoms with Gasteiger partial charge in [-0.1, -0.05) is 0 Å². The molecule has 0 saturated heterocycles. The van der Waals surface area contributed by atoms with E-state index in [-0.39, 0.29) is 0 Å². The molecule has 1 rings (SSSR count). The van der Waals surface area contributed by atoms with E-state index in [1.165, 1.54) is 6.26 Å². The molecule has 0 aliphatic heterocycles. The van der Waals surface area contributed by atoms with E-state index in [9.17, 15) is 4.57 Å². The standard InChI is InChI=1S/C9H10NO3P/c1-7-5-9(6-8(2)10-7)3-4-13-14(11)12/h3-6H,1-2H3/p+1/b4-3+. The highest BCUT2D eigenvalue weighted by Crippen LogP contribution is 2.16. The van der Waals surface area contributed by atoms with E-state index < -0.39 is 8.25 Å². The molecule has 14 heavy (non-hydrogen) atoms. The van der Waals surface area contributed by atoms with Crippen LogP contribution in [0.25, 0.3) is 6.08 Å². The van der Waals surface area contributed by atoms with E-state index in [0.29, 0.717) is 0 Å². The maximum Gasteiger partial charge on any atom is 0.746 e. The molecule has 5 heteroatoms. The molecule has 0 aliphatic carbocycles. The molecule has 74 valence electrons. The Labute approximate surface area is 83.2 Å². The van der Waals surface area contributed by atoms with Crippen LogP contribution in [-0.4, -0.2) is 9.88 Å². The first kappa shape index (κ1) is 10.8. The van der Waals surface area contributed by atoms with Crippen molar-refractivity contribution in [1.29, 1.82) is 0 Å². The van der Waals surface area contributed by atoms with Crippen LogP contribution in [0.4, 0.5) is 0 Å². The van der Waals surface area contributed by atoms with Crippen molar-refractivity contribution in [3.8, 4) is 0 Å². The molecular weight excluding hydrogens is 201 g/mol. The molecule has 1 unspecified atom stereocenters. The summed E-state index contributed by atoms with van der Waals surface area (Å²) in [6.07, 6.45) is 2.82. The fourth-order valence-electron chi connectivity index (χ4n) is 1.12. The van der Waals surface area contributed by atoms with E-state index in [4.69, 9.17) is 4.89 Å². The number of rotatable bonds is 3. The normalized spacial score (nSPS) is 11.8. The van der Waals surface area contributed by atoms with Gasteiger partial charge >= 0.3 is 8.25 Å². The summed E-state index contributed by atoms with van der Waals surface area (Å²) in [5, 5.41) is 0. The van der Waals surface area contributed by atoms with Gasteiger partial charge in [-0.3, -0.25) is 4.98 Å². The van der Waals surface area contributed by atoms with E-state index in [1.807, 2.05) is 26.0 Å². The number of nitrogens with zero attached hydrogens (tertiary/aromatic N) is 1. The Hall–Kier alpha value is -1.25. The van der Waals surface area contributed by atoms with Gasteiger partial charge in [0.25, 0.3) is 0 Å². The summed E-state index contributed by atoms with van der Waals surface area (Å²) in [5.74, 6) is 0. The average Bonchev–Trinajstić information content (AvgIpc) is 2.01. The Bertz CT molecular complexity index is 356. The van der Waals surface area contributed by atoms with Gasteiger partial charge in [0.15, 0.2) is 6.26 Å². The number of hydrogen-bond donors (Lipinski definition) is 1. The SMILES string of the molecule is Cc1cc(/C=C/O[P+](=O)O)cc(C)n1. The zero-order valence-electron chi connectivity index (χ0n) is 7.97. The minimum absolute atomic E-state index is 0.895. The van der Waals surface area contributed by atoms with Crippen LogP contribution in [0.2, 0.25) is 0 Å². The number of aryl methyl sites for hydroxylation is 2. The lowest BCUT2D eigenvalue weighted by Gasteiger charge is -1.97. The minimum Gasteiger partial charge on any atom is -0.258 e. The summed E-state index contributed by atoms with van der Waals surface area (Å²) in [7, 11) is -2.56. The summed E-state index contributed by atoms with van der Waals surface area (Å²) >= 11 is 0. The molecule has 4 nitrogen and oxygen atoms in total. The Morgan fingerprint density at radius 3 is 2.50 bits per heavy atom. The van der Waals surface area contributed by atoms with Crippen LogP contribution in [0, 0.1) is 13.8 Å². The van der Waals surface area contributed by atoms with E-state index in [1.54, 1.807) is 6.08 Å². The Balaban J connectivity index is 2.76. The summed E-state index contributed by atoms with van der Waals surface area (Å²) < 4.78 is 14.6. The van der Waals surface area contributed by atoms with Crippen LogP contribution in [0.3, 0.4) is 0 Å². The van der Waals surface area contributed by atoms with Crippen LogP contribution in [0.1, 0.15) is 17.0 Å². The largest absolute Gasteiger partial charge is 0.746 e. The number of hydrogen-bond acceptors (Lipinski definition) is 3. The first-order valence-corrected chi connectivity index (χ1v) is 5.16. The highest BCUT2D eigenvalue weighted by molar-refractivity contribution is 7.32. The maximum atomic E-state index is 10.2. The average molecular weight is 212 g/mol. The second kappa shape index (κ2) is 4.84. The number of pyridine rings is 1. The third-order valence-corrected chi connectivity index (χ3v) is 1.82. The summed E-state index contributed by atoms with van der Waals surface area (Å²) in [4.78, 5) is 12.6. The lowest BCUT2D eigenvalue weighted by atomic mass is 10.2. The number of aromatic nitrogens is 1. The first-order chi connectivity index (χ1) is 6.58. The highest BCUT2D eigenvalue weighted by Gasteiger charge is 2.07. The second-order valence-electron chi connectivity index (χ2n) is 2.83. The van der Waals surface area contributed by atoms with E-state index in [2.05, 4.69) is 9.51 Å². The third-order valence-electron chi connectivity index (χ3n) is 1.52. The lowest BCUT2D eigenvalue weighted by Crippen LogP contribution is -1.86. The summed E-state index contributed by atoms with van der Waals surface area (Å²) in [5.41, 5.74) is 2.70. The molecule has 0 bridgehead atoms. The molecular formula is C9H11NO3P+. The molecule has 1 N–H and O–H groups in total. The molecule has 0 fully saturated rings. The van der Waals surface area contributed by atoms with Crippen LogP contribution in [-0.2, 0) is 9.09 Å². The van der Waals surface area contributed by atoms with Crippen molar-refractivity contribution in [3.05, 3.63) is 35.3 Å². The Kier molecular flexibility index (Phi) is 3.74. The second-order valence-corrected chi connectivity index (χ2v) is 3.52. The molecule has 1 aromatic heterocycles. The zero-order chi connectivity index (χ0) is 10.6. The van der Waals surface area contributed by atoms with Crippen molar-refractivity contribution in [2.45, 2.75) is 13.8 Å². The van der Waals surface area contributed by atoms with Gasteiger partial charge < -0.3 is 0 Å². The molecule has 1 atom stereocenters. The molecule has 0 aromatic carbocycles. The lowest BCUT2D eigenvalue weighted by molar-refractivity contribution is 0.379. The van der Waals surface area contributed by atoms with E-state index in [0.717, 1.165) is 17.0 Å². The molecule has 0 amide bonds. The Morgan fingerprint density at radius 1 is 1.43 bits per heavy atom. The zero-order valence-corrected chi connectivity index (χ0v) is 8.86. The van der Waals surface area contributed by atoms with Gasteiger partial charge in [0, 0.05) is 16.0 Å². The van der Waals surface area contributed by atoms with Crippen LogP contribution in [0.5, 0.6) is 0 Å². The van der Waals surface area contributed by atoms with Crippen molar-refractivity contribution < 1.29 is 14.0 Å². The van der Waals surface area contributed by atoms with Crippen molar-refractivity contribution in [2.75, 3.05) is 0 Å². The first-order valence-electron chi connectivity index (χ1n) is 4.02. The van der Waals surface area contributed by atoms with Crippen molar-refractivity contribution in [3.63, 3.8) is 0 Å². The molecule has 0 spiro atoms. The summed E-state index contributed by atoms with van der Waals surface area (Å²) in [6, 6.07) is 3.72. The van der Waals surface area contributed by atoms with Crippen LogP contribution >= 0.6 is 8.25 Å². The molecule has 1 heterocycles. The Morgan fingerprint density at radius 2 is 2.00 bits per heavy atom. The topological polar surface area (TPSA) is 59.4 Å². The minimum atomic E-state index is -2.56. The van der Waals surface area contributed by atoms with Crippen molar-refractivity contribution >= 4 is 14.3 Å². The van der Waals surface area contributed by atoms with Gasteiger partial charge in [-0.15, -0.1) is 4.89 Å². The van der Waals surface area contributed by atoms with Gasteiger partial charge in [-0.2, -0.15) is 0 Å². The smallest absolute Gasteiger partial charge is 0.258 e. The maximum absolute atomic E-state index is 10.2. The van der Waals surface area contributed by atoms with Gasteiger partial charge in [0.05, 0.1) is 0 Å². The van der Waals surface area contributed by atoms with Gasteiger partial charge in [0.1, 0.15) is 0 Å². The van der Waals surface area contributed by atoms with Crippen molar-refractivity contribution in [2.24, 2.45) is 0 Å². The van der Waals surface area contributed by atoms with Crippen LogP contribution in [0.15, 0.2) is 18.4 Å². The van der Waals surface area contributed by atoms with E-state index >= 15 is 0 Å². The predicted molar refractivity (Wildman–Crippen MR) is 53.7 cm³/mol. The molecule has 1 aromatic rings. The molecule has 0 saturated carbocycles. The molecule has 0 aliphatic rings. The van der Waals surface area contributed by atoms with Gasteiger partial charge in [-0.25, -0.2) is 4.52 Å². The fourth-order valence-corrected chi connectivity index (χ4v) is 1.29. The third kappa shape index (κ3) is 3.64. The monoisotopic (exact) mass is 212 g/mol. The van der Waals surface area contributed by atoms with Gasteiger partial charge in [-0.05, 0) is 37.6 Å². The highest BCUT2D eigenvalue weighted by atomic mass is 31.1. The summed E-state index contributed by atoms with van der Waals surface area (Å²) in [6.45, 7) is 3.77. The quantitative estimate of drug-likeness (QED) is 0.617.